The zero-order chi connectivity index (χ0) is 23.9. The molecule has 7 nitrogen and oxygen atoms in total. The second-order valence-electron chi connectivity index (χ2n) is 6.93. The fourth-order valence-electron chi connectivity index (χ4n) is 3.01. The molecule has 0 fully saturated rings. The lowest BCUT2D eigenvalue weighted by molar-refractivity contribution is -0.123. The number of thiophene rings is 1. The number of halogens is 1. The molecule has 0 atom stereocenters. The molecule has 1 amide bonds. The van der Waals surface area contributed by atoms with E-state index in [1.807, 2.05) is 30.3 Å². The molecule has 0 aliphatic heterocycles. The largest absolute Gasteiger partial charge is 0.493 e. The zero-order valence-electron chi connectivity index (χ0n) is 18.0. The van der Waals surface area contributed by atoms with E-state index in [-0.39, 0.29) is 6.61 Å². The van der Waals surface area contributed by atoms with Crippen LogP contribution in [0, 0.1) is 0 Å². The minimum atomic E-state index is -0.519. The second-order valence-corrected chi connectivity index (χ2v) is 8.36. The van der Waals surface area contributed by atoms with E-state index in [9.17, 15) is 9.59 Å². The van der Waals surface area contributed by atoms with Crippen LogP contribution in [-0.2, 0) is 4.79 Å². The number of para-hydroxylation sites is 2. The summed E-state index contributed by atoms with van der Waals surface area (Å²) in [5.41, 5.74) is 3.09. The summed E-state index contributed by atoms with van der Waals surface area (Å²) in [6.45, 7) is -0.215. The molecule has 1 heterocycles. The number of hydrogen-bond donors (Lipinski definition) is 1. The van der Waals surface area contributed by atoms with Gasteiger partial charge >= 0.3 is 5.97 Å². The van der Waals surface area contributed by atoms with Crippen molar-refractivity contribution in [1.82, 2.24) is 5.43 Å². The number of carbonyl (C=O) groups excluding carboxylic acids is 2. The van der Waals surface area contributed by atoms with Crippen molar-refractivity contribution in [3.8, 4) is 17.2 Å². The van der Waals surface area contributed by atoms with Crippen LogP contribution in [0.5, 0.6) is 17.2 Å². The van der Waals surface area contributed by atoms with Crippen LogP contribution >= 0.6 is 22.9 Å². The normalized spacial score (nSPS) is 10.9. The van der Waals surface area contributed by atoms with Crippen LogP contribution < -0.4 is 19.6 Å². The first-order valence-corrected chi connectivity index (χ1v) is 11.3. The lowest BCUT2D eigenvalue weighted by atomic mass is 10.2. The van der Waals surface area contributed by atoms with Crippen molar-refractivity contribution in [2.24, 2.45) is 5.10 Å². The van der Waals surface area contributed by atoms with E-state index in [0.717, 1.165) is 10.1 Å². The summed E-state index contributed by atoms with van der Waals surface area (Å²) in [5.74, 6) is 0.424. The first-order chi connectivity index (χ1) is 16.5. The number of carbonyl (C=O) groups is 2. The predicted octanol–water partition coefficient (Wildman–Crippen LogP) is 5.31. The highest BCUT2D eigenvalue weighted by molar-refractivity contribution is 7.21. The van der Waals surface area contributed by atoms with Gasteiger partial charge in [-0.1, -0.05) is 41.9 Å². The molecular formula is C25H19ClN2O5S. The second kappa shape index (κ2) is 10.8. The molecule has 9 heteroatoms. The summed E-state index contributed by atoms with van der Waals surface area (Å²) >= 11 is 7.63. The SMILES string of the molecule is COc1ccccc1OCC(=O)N/N=C\c1ccc(OC(=O)c2sc3ccccc3c2Cl)cc1. The van der Waals surface area contributed by atoms with Crippen molar-refractivity contribution >= 4 is 51.1 Å². The topological polar surface area (TPSA) is 86.2 Å². The summed E-state index contributed by atoms with van der Waals surface area (Å²) in [4.78, 5) is 24.9. The summed E-state index contributed by atoms with van der Waals surface area (Å²) in [7, 11) is 1.53. The average molecular weight is 495 g/mol. The molecule has 1 N–H and O–H groups in total. The monoisotopic (exact) mass is 494 g/mol. The van der Waals surface area contributed by atoms with Gasteiger partial charge in [0.05, 0.1) is 18.3 Å². The van der Waals surface area contributed by atoms with Crippen LogP contribution in [-0.4, -0.2) is 31.8 Å². The van der Waals surface area contributed by atoms with Crippen LogP contribution in [0.2, 0.25) is 5.02 Å². The van der Waals surface area contributed by atoms with Crippen molar-refractivity contribution < 1.29 is 23.8 Å². The van der Waals surface area contributed by atoms with Gasteiger partial charge in [0.25, 0.3) is 5.91 Å². The van der Waals surface area contributed by atoms with Gasteiger partial charge in [-0.05, 0) is 48.0 Å². The average Bonchev–Trinajstić information content (AvgIpc) is 3.20. The van der Waals surface area contributed by atoms with E-state index < -0.39 is 11.9 Å². The molecule has 0 aliphatic rings. The number of hydrazone groups is 1. The molecule has 0 radical (unpaired) electrons. The van der Waals surface area contributed by atoms with Gasteiger partial charge in [0.2, 0.25) is 0 Å². The number of methoxy groups -OCH3 is 1. The number of nitrogens with zero attached hydrogens (tertiary/aromatic N) is 1. The molecule has 0 aliphatic carbocycles. The predicted molar refractivity (Wildman–Crippen MR) is 132 cm³/mol. The van der Waals surface area contributed by atoms with E-state index in [0.29, 0.717) is 32.7 Å². The van der Waals surface area contributed by atoms with Crippen LogP contribution in [0.25, 0.3) is 10.1 Å². The number of hydrogen-bond acceptors (Lipinski definition) is 7. The Hall–Kier alpha value is -3.88. The van der Waals surface area contributed by atoms with Crippen LogP contribution in [0.3, 0.4) is 0 Å². The van der Waals surface area contributed by atoms with Crippen LogP contribution in [0.15, 0.2) is 77.9 Å². The Morgan fingerprint density at radius 2 is 1.71 bits per heavy atom. The minimum absolute atomic E-state index is 0.215. The van der Waals surface area contributed by atoms with Gasteiger partial charge in [-0.2, -0.15) is 5.10 Å². The molecule has 1 aromatic heterocycles. The Kier molecular flexibility index (Phi) is 7.41. The van der Waals surface area contributed by atoms with Gasteiger partial charge in [0.15, 0.2) is 18.1 Å². The lowest BCUT2D eigenvalue weighted by Gasteiger charge is -2.09. The highest BCUT2D eigenvalue weighted by atomic mass is 35.5. The van der Waals surface area contributed by atoms with E-state index in [2.05, 4.69) is 10.5 Å². The van der Waals surface area contributed by atoms with Gasteiger partial charge in [-0.25, -0.2) is 10.2 Å². The molecular weight excluding hydrogens is 476 g/mol. The maximum Gasteiger partial charge on any atom is 0.355 e. The number of amides is 1. The van der Waals surface area contributed by atoms with Crippen LogP contribution in [0.1, 0.15) is 15.2 Å². The standard InChI is InChI=1S/C25H19ClN2O5S/c1-31-19-7-3-4-8-20(19)32-15-22(29)28-27-14-16-10-12-17(13-11-16)33-25(30)24-23(26)18-6-2-5-9-21(18)34-24/h2-14H,15H2,1H3,(H,28,29)/b27-14-. The van der Waals surface area contributed by atoms with E-state index in [1.54, 1.807) is 42.5 Å². The molecule has 0 saturated heterocycles. The van der Waals surface area contributed by atoms with Crippen molar-refractivity contribution in [1.29, 1.82) is 0 Å². The Morgan fingerprint density at radius 1 is 1.00 bits per heavy atom. The summed E-state index contributed by atoms with van der Waals surface area (Å²) in [6.07, 6.45) is 1.47. The van der Waals surface area contributed by atoms with Crippen molar-refractivity contribution in [2.75, 3.05) is 13.7 Å². The van der Waals surface area contributed by atoms with Crippen LogP contribution in [0.4, 0.5) is 0 Å². The maximum atomic E-state index is 12.6. The van der Waals surface area contributed by atoms with Crippen molar-refractivity contribution in [3.05, 3.63) is 88.3 Å². The molecule has 172 valence electrons. The number of fused-ring (bicyclic) bond motifs is 1. The number of ether oxygens (including phenoxy) is 3. The first-order valence-electron chi connectivity index (χ1n) is 10.1. The highest BCUT2D eigenvalue weighted by Crippen LogP contribution is 2.35. The highest BCUT2D eigenvalue weighted by Gasteiger charge is 2.18. The lowest BCUT2D eigenvalue weighted by Crippen LogP contribution is -2.24. The van der Waals surface area contributed by atoms with E-state index >= 15 is 0 Å². The van der Waals surface area contributed by atoms with Gasteiger partial charge in [-0.3, -0.25) is 4.79 Å². The minimum Gasteiger partial charge on any atom is -0.493 e. The molecule has 0 saturated carbocycles. The Balaban J connectivity index is 1.29. The fourth-order valence-corrected chi connectivity index (χ4v) is 4.40. The number of nitrogens with one attached hydrogen (secondary N) is 1. The Morgan fingerprint density at radius 3 is 2.44 bits per heavy atom. The Bertz CT molecular complexity index is 1350. The first kappa shape index (κ1) is 23.3. The molecule has 34 heavy (non-hydrogen) atoms. The molecule has 4 aromatic rings. The molecule has 4 rings (SSSR count). The Labute approximate surface area is 204 Å². The van der Waals surface area contributed by atoms with E-state index in [1.165, 1.54) is 24.7 Å². The molecule has 3 aromatic carbocycles. The summed E-state index contributed by atoms with van der Waals surface area (Å²) in [6, 6.07) is 21.2. The molecule has 0 bridgehead atoms. The fraction of sp³-hybridized carbons (Fsp3) is 0.0800. The number of rotatable bonds is 8. The summed E-state index contributed by atoms with van der Waals surface area (Å²) in [5, 5.41) is 5.12. The number of benzene rings is 3. The smallest absolute Gasteiger partial charge is 0.355 e. The molecule has 0 spiro atoms. The van der Waals surface area contributed by atoms with Gasteiger partial charge in [-0.15, -0.1) is 11.3 Å². The quantitative estimate of drug-likeness (QED) is 0.155. The van der Waals surface area contributed by atoms with Gasteiger partial charge in [0.1, 0.15) is 10.6 Å². The van der Waals surface area contributed by atoms with Crippen molar-refractivity contribution in [2.45, 2.75) is 0 Å². The van der Waals surface area contributed by atoms with E-state index in [4.69, 9.17) is 25.8 Å². The summed E-state index contributed by atoms with van der Waals surface area (Å²) < 4.78 is 17.0. The third-order valence-electron chi connectivity index (χ3n) is 4.64. The number of esters is 1. The maximum absolute atomic E-state index is 12.6. The molecule has 0 unspecified atom stereocenters. The van der Waals surface area contributed by atoms with Gasteiger partial charge in [0, 0.05) is 10.1 Å². The third-order valence-corrected chi connectivity index (χ3v) is 6.30. The van der Waals surface area contributed by atoms with Crippen molar-refractivity contribution in [3.63, 3.8) is 0 Å². The third kappa shape index (κ3) is 5.54. The zero-order valence-corrected chi connectivity index (χ0v) is 19.6. The van der Waals surface area contributed by atoms with Gasteiger partial charge < -0.3 is 14.2 Å².